The van der Waals surface area contributed by atoms with Crippen LogP contribution >= 0.6 is 15.9 Å². The standard InChI is InChI=1S/C25H31BrO6/c1-25(2)31-22-21(13-26)30-24(23(22)32-25)29-17-20(28-15-19-11-7-4-8-12-19)16-27-14-18-9-5-3-6-10-18/h3-12,20-24H,13-17H2,1-2H3/t20-,21-,22-,23-,24-/m1/s1. The first-order valence-corrected chi connectivity index (χ1v) is 12.1. The third kappa shape index (κ3) is 6.38. The second-order valence-electron chi connectivity index (χ2n) is 8.51. The lowest BCUT2D eigenvalue weighted by Gasteiger charge is -2.25. The molecule has 4 rings (SSSR count). The SMILES string of the molecule is CC1(C)O[C@H]2[C@H](OC[C@@H](COCc3ccccc3)OCc3ccccc3)O[C@H](CBr)[C@H]2O1. The predicted octanol–water partition coefficient (Wildman–Crippen LogP) is 4.45. The van der Waals surface area contributed by atoms with Crippen molar-refractivity contribution in [3.05, 3.63) is 71.8 Å². The summed E-state index contributed by atoms with van der Waals surface area (Å²) in [6, 6.07) is 20.2. The van der Waals surface area contributed by atoms with Gasteiger partial charge in [-0.1, -0.05) is 76.6 Å². The Balaban J connectivity index is 1.33. The number of rotatable bonds is 11. The fourth-order valence-electron chi connectivity index (χ4n) is 3.92. The largest absolute Gasteiger partial charge is 0.374 e. The molecule has 0 amide bonds. The van der Waals surface area contributed by atoms with Gasteiger partial charge in [0.15, 0.2) is 12.1 Å². The van der Waals surface area contributed by atoms with Gasteiger partial charge in [-0.05, 0) is 25.0 Å². The summed E-state index contributed by atoms with van der Waals surface area (Å²) in [4.78, 5) is 0. The van der Waals surface area contributed by atoms with Crippen LogP contribution in [0, 0.1) is 0 Å². The quantitative estimate of drug-likeness (QED) is 0.419. The first-order chi connectivity index (χ1) is 15.5. The Labute approximate surface area is 198 Å². The van der Waals surface area contributed by atoms with E-state index < -0.39 is 12.1 Å². The first-order valence-electron chi connectivity index (χ1n) is 11.0. The zero-order chi connectivity index (χ0) is 22.4. The van der Waals surface area contributed by atoms with Crippen LogP contribution in [0.5, 0.6) is 0 Å². The minimum atomic E-state index is -0.650. The van der Waals surface area contributed by atoms with Crippen molar-refractivity contribution in [2.75, 3.05) is 18.5 Å². The van der Waals surface area contributed by atoms with E-state index in [2.05, 4.69) is 15.9 Å². The molecule has 2 aromatic carbocycles. The minimum absolute atomic E-state index is 0.121. The van der Waals surface area contributed by atoms with Gasteiger partial charge in [0, 0.05) is 5.33 Å². The molecule has 2 heterocycles. The summed E-state index contributed by atoms with van der Waals surface area (Å²) in [7, 11) is 0. The molecule has 0 unspecified atom stereocenters. The highest BCUT2D eigenvalue weighted by molar-refractivity contribution is 9.09. The molecule has 2 fully saturated rings. The van der Waals surface area contributed by atoms with Crippen molar-refractivity contribution in [3.63, 3.8) is 0 Å². The molecule has 0 spiro atoms. The van der Waals surface area contributed by atoms with E-state index in [1.807, 2.05) is 74.5 Å². The Hall–Kier alpha value is -1.32. The lowest BCUT2D eigenvalue weighted by atomic mass is 10.2. The van der Waals surface area contributed by atoms with E-state index in [1.54, 1.807) is 0 Å². The monoisotopic (exact) mass is 506 g/mol. The molecule has 2 aromatic rings. The zero-order valence-corrected chi connectivity index (χ0v) is 20.1. The molecule has 6 nitrogen and oxygen atoms in total. The molecule has 0 aliphatic carbocycles. The van der Waals surface area contributed by atoms with E-state index in [-0.39, 0.29) is 24.4 Å². The molecule has 174 valence electrons. The van der Waals surface area contributed by atoms with E-state index in [9.17, 15) is 0 Å². The van der Waals surface area contributed by atoms with Gasteiger partial charge in [0.05, 0.1) is 32.5 Å². The lowest BCUT2D eigenvalue weighted by molar-refractivity contribution is -0.238. The van der Waals surface area contributed by atoms with Crippen LogP contribution in [-0.4, -0.2) is 55.0 Å². The highest BCUT2D eigenvalue weighted by atomic mass is 79.9. The van der Waals surface area contributed by atoms with Crippen molar-refractivity contribution in [2.24, 2.45) is 0 Å². The number of benzene rings is 2. The van der Waals surface area contributed by atoms with Crippen LogP contribution in [0.15, 0.2) is 60.7 Å². The molecule has 2 aliphatic heterocycles. The topological polar surface area (TPSA) is 55.4 Å². The van der Waals surface area contributed by atoms with E-state index >= 15 is 0 Å². The highest BCUT2D eigenvalue weighted by Crippen LogP contribution is 2.39. The van der Waals surface area contributed by atoms with E-state index in [0.717, 1.165) is 11.1 Å². The maximum absolute atomic E-state index is 6.14. The van der Waals surface area contributed by atoms with Crippen molar-refractivity contribution < 1.29 is 28.4 Å². The summed E-state index contributed by atoms with van der Waals surface area (Å²) < 4.78 is 36.3. The van der Waals surface area contributed by atoms with E-state index in [0.29, 0.717) is 31.8 Å². The van der Waals surface area contributed by atoms with Gasteiger partial charge in [-0.3, -0.25) is 0 Å². The van der Waals surface area contributed by atoms with Crippen LogP contribution in [0.4, 0.5) is 0 Å². The molecule has 32 heavy (non-hydrogen) atoms. The smallest absolute Gasteiger partial charge is 0.187 e. The van der Waals surface area contributed by atoms with Crippen molar-refractivity contribution >= 4 is 15.9 Å². The molecule has 0 aromatic heterocycles. The van der Waals surface area contributed by atoms with Crippen LogP contribution in [-0.2, 0) is 41.6 Å². The average molecular weight is 507 g/mol. The molecule has 0 saturated carbocycles. The number of alkyl halides is 1. The average Bonchev–Trinajstić information content (AvgIpc) is 3.29. The number of hydrogen-bond donors (Lipinski definition) is 0. The van der Waals surface area contributed by atoms with Gasteiger partial charge < -0.3 is 28.4 Å². The van der Waals surface area contributed by atoms with Crippen molar-refractivity contribution in [2.45, 2.75) is 63.6 Å². The van der Waals surface area contributed by atoms with Gasteiger partial charge in [-0.25, -0.2) is 0 Å². The Morgan fingerprint density at radius 3 is 2.16 bits per heavy atom. The minimum Gasteiger partial charge on any atom is -0.374 e. The van der Waals surface area contributed by atoms with Gasteiger partial charge in [0.2, 0.25) is 0 Å². The predicted molar refractivity (Wildman–Crippen MR) is 123 cm³/mol. The molecule has 2 aliphatic rings. The number of fused-ring (bicyclic) bond motifs is 1. The molecular weight excluding hydrogens is 476 g/mol. The Morgan fingerprint density at radius 2 is 1.50 bits per heavy atom. The molecule has 7 heteroatoms. The van der Waals surface area contributed by atoms with Gasteiger partial charge >= 0.3 is 0 Å². The lowest BCUT2D eigenvalue weighted by Crippen LogP contribution is -2.35. The fourth-order valence-corrected chi connectivity index (χ4v) is 4.44. The van der Waals surface area contributed by atoms with Gasteiger partial charge in [0.1, 0.15) is 18.3 Å². The highest BCUT2D eigenvalue weighted by Gasteiger charge is 2.55. The summed E-state index contributed by atoms with van der Waals surface area (Å²) in [6.45, 7) is 5.57. The van der Waals surface area contributed by atoms with Crippen LogP contribution in [0.2, 0.25) is 0 Å². The van der Waals surface area contributed by atoms with Crippen LogP contribution in [0.3, 0.4) is 0 Å². The summed E-state index contributed by atoms with van der Waals surface area (Å²) >= 11 is 3.50. The van der Waals surface area contributed by atoms with E-state index in [1.165, 1.54) is 0 Å². The second kappa shape index (κ2) is 11.2. The zero-order valence-electron chi connectivity index (χ0n) is 18.5. The molecule has 0 radical (unpaired) electrons. The summed E-state index contributed by atoms with van der Waals surface area (Å²) in [6.07, 6.45) is -1.31. The van der Waals surface area contributed by atoms with Gasteiger partial charge in [0.25, 0.3) is 0 Å². The second-order valence-corrected chi connectivity index (χ2v) is 9.16. The molecular formula is C25H31BrO6. The van der Waals surface area contributed by atoms with Crippen molar-refractivity contribution in [3.8, 4) is 0 Å². The van der Waals surface area contributed by atoms with Gasteiger partial charge in [-0.2, -0.15) is 0 Å². The Kier molecular flexibility index (Phi) is 8.34. The molecule has 0 bridgehead atoms. The number of ether oxygens (including phenoxy) is 6. The molecule has 2 saturated heterocycles. The van der Waals surface area contributed by atoms with Gasteiger partial charge in [-0.15, -0.1) is 0 Å². The Morgan fingerprint density at radius 1 is 0.875 bits per heavy atom. The summed E-state index contributed by atoms with van der Waals surface area (Å²) in [5.74, 6) is -0.650. The molecule has 5 atom stereocenters. The van der Waals surface area contributed by atoms with Crippen molar-refractivity contribution in [1.29, 1.82) is 0 Å². The van der Waals surface area contributed by atoms with E-state index in [4.69, 9.17) is 28.4 Å². The maximum atomic E-state index is 6.14. The third-order valence-electron chi connectivity index (χ3n) is 5.45. The fraction of sp³-hybridized carbons (Fsp3) is 0.520. The molecule has 0 N–H and O–H groups in total. The third-order valence-corrected chi connectivity index (χ3v) is 6.09. The summed E-state index contributed by atoms with van der Waals surface area (Å²) in [5, 5.41) is 0.654. The maximum Gasteiger partial charge on any atom is 0.187 e. The van der Waals surface area contributed by atoms with Crippen molar-refractivity contribution in [1.82, 2.24) is 0 Å². The summed E-state index contributed by atoms with van der Waals surface area (Å²) in [5.41, 5.74) is 2.22. The normalized spacial score (nSPS) is 27.3. The van der Waals surface area contributed by atoms with Crippen LogP contribution < -0.4 is 0 Å². The van der Waals surface area contributed by atoms with Crippen LogP contribution in [0.1, 0.15) is 25.0 Å². The number of hydrogen-bond acceptors (Lipinski definition) is 6. The Bertz CT molecular complexity index is 818. The first kappa shape index (κ1) is 23.8. The number of halogens is 1. The van der Waals surface area contributed by atoms with Crippen LogP contribution in [0.25, 0.3) is 0 Å².